The second kappa shape index (κ2) is 5.23. The highest BCUT2D eigenvalue weighted by Crippen LogP contribution is 1.89. The summed E-state index contributed by atoms with van der Waals surface area (Å²) in [6.45, 7) is 4.91. The van der Waals surface area contributed by atoms with Crippen LogP contribution in [0, 0.1) is 0 Å². The Labute approximate surface area is 70.2 Å². The predicted octanol–water partition coefficient (Wildman–Crippen LogP) is 0.264. The number of ketones is 2. The van der Waals surface area contributed by atoms with Crippen LogP contribution in [-0.2, 0) is 19.1 Å². The lowest BCUT2D eigenvalue weighted by Crippen LogP contribution is -2.25. The molecule has 0 aliphatic rings. The van der Waals surface area contributed by atoms with Crippen molar-refractivity contribution in [1.29, 1.82) is 0 Å². The topological polar surface area (TPSA) is 60.4 Å². The lowest BCUT2D eigenvalue weighted by atomic mass is 10.2. The first-order valence-electron chi connectivity index (χ1n) is 3.48. The summed E-state index contributed by atoms with van der Waals surface area (Å²) in [5.41, 5.74) is 0. The number of hydrogen-bond donors (Lipinski definition) is 0. The van der Waals surface area contributed by atoms with Gasteiger partial charge in [0.15, 0.2) is 0 Å². The van der Waals surface area contributed by atoms with Crippen LogP contribution >= 0.6 is 0 Å². The first-order chi connectivity index (χ1) is 5.63. The van der Waals surface area contributed by atoms with E-state index in [-0.39, 0.29) is 13.0 Å². The third-order valence-electron chi connectivity index (χ3n) is 1.04. The van der Waals surface area contributed by atoms with Crippen molar-refractivity contribution in [2.24, 2.45) is 0 Å². The largest absolute Gasteiger partial charge is 0.460 e. The van der Waals surface area contributed by atoms with Gasteiger partial charge in [0, 0.05) is 6.42 Å². The van der Waals surface area contributed by atoms with Gasteiger partial charge in [-0.1, -0.05) is 6.08 Å². The summed E-state index contributed by atoms with van der Waals surface area (Å²) in [4.78, 5) is 32.1. The maximum absolute atomic E-state index is 10.8. The molecule has 0 bridgehead atoms. The molecule has 4 heteroatoms. The standard InChI is InChI=1S/C8H10O4/c1-3-5-6(9)7(10)8(11)12-4-2/h3H,1,4-5H2,2H3. The maximum atomic E-state index is 10.8. The summed E-state index contributed by atoms with van der Waals surface area (Å²) in [5.74, 6) is -3.00. The lowest BCUT2D eigenvalue weighted by molar-refractivity contribution is -0.156. The summed E-state index contributed by atoms with van der Waals surface area (Å²) in [5, 5.41) is 0. The molecule has 0 aliphatic carbocycles. The summed E-state index contributed by atoms with van der Waals surface area (Å²) in [6.07, 6.45) is 1.14. The van der Waals surface area contributed by atoms with E-state index in [0.717, 1.165) is 0 Å². The minimum Gasteiger partial charge on any atom is -0.460 e. The van der Waals surface area contributed by atoms with Gasteiger partial charge in [0.1, 0.15) is 0 Å². The Hall–Kier alpha value is -1.45. The van der Waals surface area contributed by atoms with Gasteiger partial charge < -0.3 is 4.74 Å². The van der Waals surface area contributed by atoms with Crippen molar-refractivity contribution in [3.63, 3.8) is 0 Å². The van der Waals surface area contributed by atoms with E-state index < -0.39 is 17.5 Å². The highest BCUT2D eigenvalue weighted by molar-refractivity contribution is 6.62. The van der Waals surface area contributed by atoms with E-state index in [0.29, 0.717) is 0 Å². The molecule has 0 saturated carbocycles. The molecule has 0 radical (unpaired) electrons. The minimum atomic E-state index is -1.11. The van der Waals surface area contributed by atoms with Crippen molar-refractivity contribution in [2.75, 3.05) is 6.61 Å². The van der Waals surface area contributed by atoms with Crippen LogP contribution in [0.1, 0.15) is 13.3 Å². The number of carbonyl (C=O) groups excluding carboxylic acids is 3. The maximum Gasteiger partial charge on any atom is 0.382 e. The van der Waals surface area contributed by atoms with Crippen LogP contribution in [0.3, 0.4) is 0 Å². The Balaban J connectivity index is 4.09. The summed E-state index contributed by atoms with van der Waals surface area (Å²) >= 11 is 0. The average Bonchev–Trinajstić information content (AvgIpc) is 2.04. The highest BCUT2D eigenvalue weighted by Gasteiger charge is 2.22. The van der Waals surface area contributed by atoms with E-state index >= 15 is 0 Å². The predicted molar refractivity (Wildman–Crippen MR) is 41.5 cm³/mol. The van der Waals surface area contributed by atoms with Crippen molar-refractivity contribution >= 4 is 17.5 Å². The molecule has 0 atom stereocenters. The van der Waals surface area contributed by atoms with Crippen molar-refractivity contribution in [3.05, 3.63) is 12.7 Å². The molecule has 0 spiro atoms. The summed E-state index contributed by atoms with van der Waals surface area (Å²) in [6, 6.07) is 0. The van der Waals surface area contributed by atoms with Crippen LogP contribution in [0.2, 0.25) is 0 Å². The fraction of sp³-hybridized carbons (Fsp3) is 0.375. The summed E-state index contributed by atoms with van der Waals surface area (Å²) in [7, 11) is 0. The molecule has 0 fully saturated rings. The quantitative estimate of drug-likeness (QED) is 0.257. The van der Waals surface area contributed by atoms with Crippen LogP contribution in [0.4, 0.5) is 0 Å². The molecule has 0 unspecified atom stereocenters. The first kappa shape index (κ1) is 10.6. The van der Waals surface area contributed by atoms with Crippen molar-refractivity contribution in [1.82, 2.24) is 0 Å². The zero-order valence-electron chi connectivity index (χ0n) is 6.83. The zero-order valence-corrected chi connectivity index (χ0v) is 6.83. The van der Waals surface area contributed by atoms with Crippen LogP contribution < -0.4 is 0 Å². The zero-order chi connectivity index (χ0) is 9.56. The van der Waals surface area contributed by atoms with Crippen molar-refractivity contribution in [3.8, 4) is 0 Å². The first-order valence-corrected chi connectivity index (χ1v) is 3.48. The van der Waals surface area contributed by atoms with Gasteiger partial charge in [0.05, 0.1) is 6.61 Å². The van der Waals surface area contributed by atoms with Gasteiger partial charge in [0.25, 0.3) is 0 Å². The van der Waals surface area contributed by atoms with Gasteiger partial charge in [-0.05, 0) is 6.92 Å². The third-order valence-corrected chi connectivity index (χ3v) is 1.04. The minimum absolute atomic E-state index is 0.0892. The van der Waals surface area contributed by atoms with E-state index in [1.807, 2.05) is 0 Å². The molecule has 12 heavy (non-hydrogen) atoms. The van der Waals surface area contributed by atoms with Gasteiger partial charge in [-0.15, -0.1) is 6.58 Å². The van der Waals surface area contributed by atoms with Crippen LogP contribution in [0.25, 0.3) is 0 Å². The van der Waals surface area contributed by atoms with Gasteiger partial charge in [-0.3, -0.25) is 9.59 Å². The molecule has 0 aliphatic heterocycles. The summed E-state index contributed by atoms with van der Waals surface area (Å²) < 4.78 is 4.33. The second-order valence-corrected chi connectivity index (χ2v) is 1.97. The molecule has 0 N–H and O–H groups in total. The van der Waals surface area contributed by atoms with E-state index in [1.165, 1.54) is 6.08 Å². The van der Waals surface area contributed by atoms with Crippen LogP contribution in [-0.4, -0.2) is 24.1 Å². The lowest BCUT2D eigenvalue weighted by Gasteiger charge is -1.97. The molecule has 66 valence electrons. The number of esters is 1. The van der Waals surface area contributed by atoms with Gasteiger partial charge in [-0.25, -0.2) is 4.79 Å². The van der Waals surface area contributed by atoms with Crippen molar-refractivity contribution in [2.45, 2.75) is 13.3 Å². The van der Waals surface area contributed by atoms with E-state index in [2.05, 4.69) is 11.3 Å². The molecular weight excluding hydrogens is 160 g/mol. The molecule has 0 heterocycles. The fourth-order valence-electron chi connectivity index (χ4n) is 0.534. The Bertz CT molecular complexity index is 217. The molecule has 0 aromatic rings. The Morgan fingerprint density at radius 1 is 1.42 bits per heavy atom. The number of hydrogen-bond acceptors (Lipinski definition) is 4. The Morgan fingerprint density at radius 2 is 2.00 bits per heavy atom. The fourth-order valence-corrected chi connectivity index (χ4v) is 0.534. The molecular formula is C8H10O4. The number of Topliss-reactive ketones (excluding diaryl/α,β-unsaturated/α-hetero) is 2. The second-order valence-electron chi connectivity index (χ2n) is 1.97. The molecule has 0 aromatic carbocycles. The SMILES string of the molecule is C=CCC(=O)C(=O)C(=O)OCC. The number of rotatable bonds is 5. The van der Waals surface area contributed by atoms with Gasteiger partial charge >= 0.3 is 11.8 Å². The molecule has 0 amide bonds. The molecule has 0 aromatic heterocycles. The van der Waals surface area contributed by atoms with Gasteiger partial charge in [0.2, 0.25) is 5.78 Å². The van der Waals surface area contributed by atoms with E-state index in [1.54, 1.807) is 6.92 Å². The molecule has 4 nitrogen and oxygen atoms in total. The molecule has 0 saturated heterocycles. The van der Waals surface area contributed by atoms with Crippen LogP contribution in [0.5, 0.6) is 0 Å². The van der Waals surface area contributed by atoms with E-state index in [9.17, 15) is 14.4 Å². The Morgan fingerprint density at radius 3 is 2.42 bits per heavy atom. The van der Waals surface area contributed by atoms with E-state index in [4.69, 9.17) is 0 Å². The number of ether oxygens (including phenoxy) is 1. The molecule has 0 rings (SSSR count). The highest BCUT2D eigenvalue weighted by atomic mass is 16.5. The Kier molecular flexibility index (Phi) is 4.60. The third kappa shape index (κ3) is 3.09. The number of carbonyl (C=O) groups is 3. The monoisotopic (exact) mass is 170 g/mol. The smallest absolute Gasteiger partial charge is 0.382 e. The van der Waals surface area contributed by atoms with Gasteiger partial charge in [-0.2, -0.15) is 0 Å². The van der Waals surface area contributed by atoms with Crippen molar-refractivity contribution < 1.29 is 19.1 Å². The number of allylic oxidation sites excluding steroid dienone is 1. The van der Waals surface area contributed by atoms with Crippen LogP contribution in [0.15, 0.2) is 12.7 Å². The average molecular weight is 170 g/mol. The normalized spacial score (nSPS) is 8.75.